The summed E-state index contributed by atoms with van der Waals surface area (Å²) in [7, 11) is 0. The van der Waals surface area contributed by atoms with E-state index in [1.165, 1.54) is 62.4 Å². The summed E-state index contributed by atoms with van der Waals surface area (Å²) in [5.41, 5.74) is 0. The van der Waals surface area contributed by atoms with Crippen molar-refractivity contribution in [1.82, 2.24) is 0 Å². The van der Waals surface area contributed by atoms with Crippen LogP contribution >= 0.6 is 0 Å². The standard InChI is InChI=1S/2C9H10O4.2Na/c2*1-6(9(11)12)13-8-4-2-7(10)3-5-8;;/h2*2-6,10H,1H3,(H,11,12);;/q;;2*+1/p-2. The van der Waals surface area contributed by atoms with Gasteiger partial charge in [0, 0.05) is 0 Å². The fraction of sp³-hybridized carbons (Fsp3) is 0.222. The Morgan fingerprint density at radius 1 is 0.714 bits per heavy atom. The van der Waals surface area contributed by atoms with E-state index in [0.29, 0.717) is 11.5 Å². The van der Waals surface area contributed by atoms with Gasteiger partial charge in [-0.2, -0.15) is 0 Å². The van der Waals surface area contributed by atoms with Crippen LogP contribution in [0.2, 0.25) is 0 Å². The minimum atomic E-state index is -1.27. The van der Waals surface area contributed by atoms with Gasteiger partial charge >= 0.3 is 59.1 Å². The van der Waals surface area contributed by atoms with Gasteiger partial charge < -0.3 is 39.5 Å². The zero-order valence-corrected chi connectivity index (χ0v) is 20.1. The Morgan fingerprint density at radius 3 is 1.18 bits per heavy atom. The number of carbonyl (C=O) groups excluding carboxylic acids is 2. The van der Waals surface area contributed by atoms with Gasteiger partial charge in [0.2, 0.25) is 0 Å². The van der Waals surface area contributed by atoms with E-state index >= 15 is 0 Å². The first-order chi connectivity index (χ1) is 12.2. The summed E-state index contributed by atoms with van der Waals surface area (Å²) in [4.78, 5) is 20.6. The molecule has 10 heteroatoms. The van der Waals surface area contributed by atoms with Crippen molar-refractivity contribution in [3.05, 3.63) is 48.5 Å². The molecule has 0 aliphatic heterocycles. The molecule has 0 fully saturated rings. The molecule has 2 unspecified atom stereocenters. The second-order valence-electron chi connectivity index (χ2n) is 5.15. The summed E-state index contributed by atoms with van der Waals surface area (Å²) in [6.45, 7) is 2.75. The van der Waals surface area contributed by atoms with Crippen molar-refractivity contribution in [2.45, 2.75) is 26.1 Å². The number of phenols is 2. The van der Waals surface area contributed by atoms with Crippen LogP contribution in [0.4, 0.5) is 0 Å². The van der Waals surface area contributed by atoms with E-state index in [1.807, 2.05) is 0 Å². The Hall–Kier alpha value is -1.42. The number of hydrogen-bond acceptors (Lipinski definition) is 8. The van der Waals surface area contributed by atoms with Crippen molar-refractivity contribution in [3.63, 3.8) is 0 Å². The molecule has 2 atom stereocenters. The van der Waals surface area contributed by atoms with Gasteiger partial charge in [-0.3, -0.25) is 0 Å². The summed E-state index contributed by atoms with van der Waals surface area (Å²) in [6.07, 6.45) is -1.99. The van der Waals surface area contributed by atoms with Crippen LogP contribution in [0.3, 0.4) is 0 Å². The van der Waals surface area contributed by atoms with Gasteiger partial charge in [0.1, 0.15) is 35.2 Å². The van der Waals surface area contributed by atoms with E-state index in [1.54, 1.807) is 0 Å². The van der Waals surface area contributed by atoms with Crippen molar-refractivity contribution < 1.29 is 98.6 Å². The number of benzene rings is 2. The average molecular weight is 408 g/mol. The number of carbonyl (C=O) groups is 2. The molecule has 0 radical (unpaired) electrons. The van der Waals surface area contributed by atoms with Crippen LogP contribution in [0.1, 0.15) is 13.8 Å². The molecule has 140 valence electrons. The normalized spacial score (nSPS) is 11.2. The maximum atomic E-state index is 10.3. The van der Waals surface area contributed by atoms with Gasteiger partial charge in [-0.25, -0.2) is 0 Å². The van der Waals surface area contributed by atoms with E-state index < -0.39 is 24.1 Å². The Labute approximate surface area is 206 Å². The van der Waals surface area contributed by atoms with Crippen LogP contribution < -0.4 is 78.8 Å². The number of carboxylic acids is 2. The molecule has 28 heavy (non-hydrogen) atoms. The summed E-state index contributed by atoms with van der Waals surface area (Å²) in [5, 5.41) is 38.4. The maximum Gasteiger partial charge on any atom is 1.00 e. The van der Waals surface area contributed by atoms with E-state index in [4.69, 9.17) is 19.7 Å². The molecule has 0 aliphatic carbocycles. The van der Waals surface area contributed by atoms with Crippen molar-refractivity contribution in [2.24, 2.45) is 0 Å². The number of ether oxygens (including phenoxy) is 2. The molecule has 2 aromatic carbocycles. The molecule has 0 saturated heterocycles. The molecule has 0 spiro atoms. The molecular formula is C18H18Na2O8. The fourth-order valence-corrected chi connectivity index (χ4v) is 1.55. The molecule has 2 aromatic rings. The van der Waals surface area contributed by atoms with Crippen LogP contribution in [0, 0.1) is 0 Å². The van der Waals surface area contributed by atoms with E-state index in [9.17, 15) is 19.8 Å². The van der Waals surface area contributed by atoms with Crippen LogP contribution in [-0.4, -0.2) is 34.4 Å². The summed E-state index contributed by atoms with van der Waals surface area (Å²) >= 11 is 0. The first kappa shape index (κ1) is 28.8. The van der Waals surface area contributed by atoms with E-state index in [0.717, 1.165) is 0 Å². The van der Waals surface area contributed by atoms with Crippen LogP contribution in [-0.2, 0) is 9.59 Å². The monoisotopic (exact) mass is 408 g/mol. The molecule has 0 saturated carbocycles. The molecule has 2 N–H and O–H groups in total. The van der Waals surface area contributed by atoms with Gasteiger partial charge in [-0.15, -0.1) is 0 Å². The molecule has 8 nitrogen and oxygen atoms in total. The van der Waals surface area contributed by atoms with Gasteiger partial charge in [-0.1, -0.05) is 0 Å². The number of phenolic OH excluding ortho intramolecular Hbond substituents is 2. The fourth-order valence-electron chi connectivity index (χ4n) is 1.55. The van der Waals surface area contributed by atoms with Crippen molar-refractivity contribution in [3.8, 4) is 23.0 Å². The Kier molecular flexibility index (Phi) is 15.0. The van der Waals surface area contributed by atoms with Gasteiger partial charge in [-0.05, 0) is 62.4 Å². The SMILES string of the molecule is CC(Oc1ccc(O)cc1)C(=O)[O-].CC(Oc1ccc(O)cc1)C(=O)[O-].[Na+].[Na+]. The predicted molar refractivity (Wildman–Crippen MR) is 86.4 cm³/mol. The van der Waals surface area contributed by atoms with Crippen molar-refractivity contribution in [2.75, 3.05) is 0 Å². The van der Waals surface area contributed by atoms with Gasteiger partial charge in [0.25, 0.3) is 0 Å². The molecule has 0 aliphatic rings. The molecule has 0 heterocycles. The molecule has 0 aromatic heterocycles. The van der Waals surface area contributed by atoms with E-state index in [-0.39, 0.29) is 70.6 Å². The van der Waals surface area contributed by atoms with Crippen LogP contribution in [0.15, 0.2) is 48.5 Å². The first-order valence-corrected chi connectivity index (χ1v) is 7.52. The molecular weight excluding hydrogens is 390 g/mol. The third-order valence-electron chi connectivity index (χ3n) is 2.96. The largest absolute Gasteiger partial charge is 1.00 e. The van der Waals surface area contributed by atoms with Gasteiger partial charge in [0.05, 0.1) is 11.9 Å². The predicted octanol–water partition coefficient (Wildman–Crippen LogP) is -6.17. The van der Waals surface area contributed by atoms with Gasteiger partial charge in [0.15, 0.2) is 0 Å². The van der Waals surface area contributed by atoms with Crippen LogP contribution in [0.25, 0.3) is 0 Å². The maximum absolute atomic E-state index is 10.3. The Morgan fingerprint density at radius 2 is 0.964 bits per heavy atom. The third-order valence-corrected chi connectivity index (χ3v) is 2.96. The van der Waals surface area contributed by atoms with Crippen LogP contribution in [0.5, 0.6) is 23.0 Å². The number of aromatic hydroxyl groups is 2. The minimum Gasteiger partial charge on any atom is -0.546 e. The molecule has 2 rings (SSSR count). The van der Waals surface area contributed by atoms with Crippen molar-refractivity contribution >= 4 is 11.9 Å². The summed E-state index contributed by atoms with van der Waals surface area (Å²) in [6, 6.07) is 11.6. The van der Waals surface area contributed by atoms with Crippen molar-refractivity contribution in [1.29, 1.82) is 0 Å². The Balaban J connectivity index is 0. The summed E-state index contributed by atoms with van der Waals surface area (Å²) < 4.78 is 9.92. The second-order valence-corrected chi connectivity index (χ2v) is 5.15. The second kappa shape index (κ2) is 14.6. The Bertz CT molecular complexity index is 656. The summed E-state index contributed by atoms with van der Waals surface area (Å²) in [5.74, 6) is -1.56. The smallest absolute Gasteiger partial charge is 0.546 e. The zero-order valence-electron chi connectivity index (χ0n) is 16.1. The van der Waals surface area contributed by atoms with E-state index in [2.05, 4.69) is 0 Å². The minimum absolute atomic E-state index is 0. The number of aliphatic carboxylic acids is 2. The average Bonchev–Trinajstić information content (AvgIpc) is 2.59. The zero-order chi connectivity index (χ0) is 19.7. The topological polar surface area (TPSA) is 139 Å². The third kappa shape index (κ3) is 11.4. The molecule has 0 amide bonds. The molecule has 0 bridgehead atoms. The number of carboxylic acid groups (broad SMARTS) is 2. The number of rotatable bonds is 6. The quantitative estimate of drug-likeness (QED) is 0.450. The number of hydrogen-bond donors (Lipinski definition) is 2. The first-order valence-electron chi connectivity index (χ1n) is 7.52.